The summed E-state index contributed by atoms with van der Waals surface area (Å²) in [6, 6.07) is 0.772. The number of nitrogens with zero attached hydrogens (tertiary/aromatic N) is 1. The lowest BCUT2D eigenvalue weighted by Gasteiger charge is -2.39. The molecule has 0 aromatic carbocycles. The van der Waals surface area contributed by atoms with E-state index in [1.807, 2.05) is 0 Å². The smallest absolute Gasteiger partial charge is 0.322 e. The van der Waals surface area contributed by atoms with Gasteiger partial charge in [-0.15, -0.1) is 0 Å². The van der Waals surface area contributed by atoms with Crippen LogP contribution < -0.4 is 5.32 Å². The second-order valence-electron chi connectivity index (χ2n) is 6.23. The summed E-state index contributed by atoms with van der Waals surface area (Å²) < 4.78 is 0. The number of likely N-dealkylation sites (tertiary alicyclic amines) is 1. The van der Waals surface area contributed by atoms with Gasteiger partial charge in [-0.1, -0.05) is 6.42 Å². The summed E-state index contributed by atoms with van der Waals surface area (Å²) in [6.07, 6.45) is 8.87. The van der Waals surface area contributed by atoms with Crippen molar-refractivity contribution in [2.24, 2.45) is 5.92 Å². The summed E-state index contributed by atoms with van der Waals surface area (Å²) in [5.41, 5.74) is 0. The summed E-state index contributed by atoms with van der Waals surface area (Å²) in [7, 11) is 0. The van der Waals surface area contributed by atoms with Crippen LogP contribution >= 0.6 is 0 Å². The van der Waals surface area contributed by atoms with Gasteiger partial charge in [0.25, 0.3) is 0 Å². The number of carboxylic acids is 1. The maximum Gasteiger partial charge on any atom is 0.322 e. The third-order valence-electron chi connectivity index (χ3n) is 4.84. The molecule has 0 spiro atoms. The Kier molecular flexibility index (Phi) is 3.57. The Morgan fingerprint density at radius 1 is 1.22 bits per heavy atom. The fourth-order valence-corrected chi connectivity index (χ4v) is 3.75. The van der Waals surface area contributed by atoms with E-state index >= 15 is 0 Å². The highest BCUT2D eigenvalue weighted by Gasteiger charge is 2.37. The van der Waals surface area contributed by atoms with Gasteiger partial charge in [-0.05, 0) is 51.0 Å². The second-order valence-corrected chi connectivity index (χ2v) is 6.23. The van der Waals surface area contributed by atoms with Crippen molar-refractivity contribution in [3.63, 3.8) is 0 Å². The van der Waals surface area contributed by atoms with Crippen LogP contribution in [0, 0.1) is 5.92 Å². The third-order valence-corrected chi connectivity index (χ3v) is 4.84. The first-order chi connectivity index (χ1) is 8.74. The van der Waals surface area contributed by atoms with Crippen LogP contribution in [0.4, 0.5) is 0 Å². The number of carboxylic acid groups (broad SMARTS) is 1. The average molecular weight is 252 g/mol. The molecule has 0 bridgehead atoms. The zero-order valence-electron chi connectivity index (χ0n) is 11.0. The fourth-order valence-electron chi connectivity index (χ4n) is 3.75. The Bertz CT molecular complexity index is 317. The van der Waals surface area contributed by atoms with Crippen LogP contribution in [0.1, 0.15) is 44.9 Å². The molecule has 0 aromatic heterocycles. The molecule has 0 radical (unpaired) electrons. The minimum absolute atomic E-state index is 0.364. The lowest BCUT2D eigenvalue weighted by atomic mass is 9.91. The van der Waals surface area contributed by atoms with Crippen LogP contribution in [0.25, 0.3) is 0 Å². The van der Waals surface area contributed by atoms with Gasteiger partial charge < -0.3 is 10.4 Å². The normalized spacial score (nSPS) is 34.2. The van der Waals surface area contributed by atoms with Gasteiger partial charge in [-0.3, -0.25) is 9.69 Å². The maximum absolute atomic E-state index is 11.3. The molecule has 1 aliphatic heterocycles. The van der Waals surface area contributed by atoms with Crippen molar-refractivity contribution in [2.45, 2.75) is 63.1 Å². The van der Waals surface area contributed by atoms with E-state index in [0.29, 0.717) is 18.6 Å². The first kappa shape index (κ1) is 12.4. The highest BCUT2D eigenvalue weighted by Crippen LogP contribution is 2.36. The predicted octanol–water partition coefficient (Wildman–Crippen LogP) is 1.46. The Balaban J connectivity index is 1.59. The first-order valence-corrected chi connectivity index (χ1v) is 7.47. The molecule has 1 saturated heterocycles. The minimum atomic E-state index is -0.679. The molecule has 3 rings (SSSR count). The molecule has 3 aliphatic rings. The molecule has 2 aliphatic carbocycles. The van der Waals surface area contributed by atoms with Gasteiger partial charge in [0.2, 0.25) is 0 Å². The second kappa shape index (κ2) is 5.17. The maximum atomic E-state index is 11.3. The summed E-state index contributed by atoms with van der Waals surface area (Å²) in [5, 5.41) is 12.6. The molecular formula is C14H24N2O2. The summed E-state index contributed by atoms with van der Waals surface area (Å²) in [6.45, 7) is 1.80. The SMILES string of the molecule is O=C(O)C(CN1CCCC2CCCC21)NC1CC1. The van der Waals surface area contributed by atoms with Gasteiger partial charge in [-0.25, -0.2) is 0 Å². The molecule has 0 aromatic rings. The molecule has 18 heavy (non-hydrogen) atoms. The number of hydrogen-bond donors (Lipinski definition) is 2. The van der Waals surface area contributed by atoms with Gasteiger partial charge >= 0.3 is 5.97 Å². The standard InChI is InChI=1S/C14H24N2O2/c17-14(18)12(15-11-6-7-11)9-16-8-2-4-10-3-1-5-13(10)16/h10-13,15H,1-9H2,(H,17,18). The van der Waals surface area contributed by atoms with Crippen LogP contribution in [0.15, 0.2) is 0 Å². The van der Waals surface area contributed by atoms with Crippen molar-refractivity contribution in [1.82, 2.24) is 10.2 Å². The van der Waals surface area contributed by atoms with Gasteiger partial charge in [0, 0.05) is 18.6 Å². The average Bonchev–Trinajstić information content (AvgIpc) is 3.03. The van der Waals surface area contributed by atoms with Crippen LogP contribution in [0.2, 0.25) is 0 Å². The zero-order chi connectivity index (χ0) is 12.5. The topological polar surface area (TPSA) is 52.6 Å². The highest BCUT2D eigenvalue weighted by atomic mass is 16.4. The molecule has 3 unspecified atom stereocenters. The van der Waals surface area contributed by atoms with Gasteiger partial charge in [0.05, 0.1) is 0 Å². The van der Waals surface area contributed by atoms with Crippen LogP contribution in [-0.2, 0) is 4.79 Å². The van der Waals surface area contributed by atoms with E-state index < -0.39 is 5.97 Å². The predicted molar refractivity (Wildman–Crippen MR) is 69.5 cm³/mol. The Hall–Kier alpha value is -0.610. The molecule has 1 heterocycles. The molecule has 3 atom stereocenters. The summed E-state index contributed by atoms with van der Waals surface area (Å²) in [5.74, 6) is 0.163. The molecule has 2 saturated carbocycles. The van der Waals surface area contributed by atoms with E-state index in [-0.39, 0.29) is 6.04 Å². The van der Waals surface area contributed by atoms with Crippen molar-refractivity contribution in [3.8, 4) is 0 Å². The van der Waals surface area contributed by atoms with Gasteiger partial charge in [-0.2, -0.15) is 0 Å². The van der Waals surface area contributed by atoms with Gasteiger partial charge in [0.1, 0.15) is 6.04 Å². The van der Waals surface area contributed by atoms with Crippen molar-refractivity contribution in [2.75, 3.05) is 13.1 Å². The van der Waals surface area contributed by atoms with E-state index in [2.05, 4.69) is 10.2 Å². The molecular weight excluding hydrogens is 228 g/mol. The number of aliphatic carboxylic acids is 1. The van der Waals surface area contributed by atoms with Crippen LogP contribution in [0.3, 0.4) is 0 Å². The molecule has 102 valence electrons. The molecule has 0 amide bonds. The Labute approximate surface area is 109 Å². The number of hydrogen-bond acceptors (Lipinski definition) is 3. The number of carbonyl (C=O) groups is 1. The number of nitrogens with one attached hydrogen (secondary N) is 1. The molecule has 2 N–H and O–H groups in total. The zero-order valence-corrected chi connectivity index (χ0v) is 11.0. The fraction of sp³-hybridized carbons (Fsp3) is 0.929. The molecule has 4 heteroatoms. The Morgan fingerprint density at radius 3 is 2.72 bits per heavy atom. The van der Waals surface area contributed by atoms with Crippen molar-refractivity contribution in [3.05, 3.63) is 0 Å². The number of piperidine rings is 1. The van der Waals surface area contributed by atoms with E-state index in [9.17, 15) is 9.90 Å². The van der Waals surface area contributed by atoms with Crippen molar-refractivity contribution in [1.29, 1.82) is 0 Å². The van der Waals surface area contributed by atoms with E-state index in [4.69, 9.17) is 0 Å². The van der Waals surface area contributed by atoms with E-state index in [0.717, 1.165) is 25.3 Å². The lowest BCUT2D eigenvalue weighted by molar-refractivity contribution is -0.140. The summed E-state index contributed by atoms with van der Waals surface area (Å²) in [4.78, 5) is 13.8. The number of fused-ring (bicyclic) bond motifs is 1. The van der Waals surface area contributed by atoms with Gasteiger partial charge in [0.15, 0.2) is 0 Å². The third kappa shape index (κ3) is 2.69. The lowest BCUT2D eigenvalue weighted by Crippen LogP contribution is -2.52. The quantitative estimate of drug-likeness (QED) is 0.778. The van der Waals surface area contributed by atoms with E-state index in [1.165, 1.54) is 32.1 Å². The number of rotatable bonds is 5. The molecule has 3 fully saturated rings. The van der Waals surface area contributed by atoms with Crippen LogP contribution in [-0.4, -0.2) is 47.2 Å². The van der Waals surface area contributed by atoms with Crippen molar-refractivity contribution >= 4 is 5.97 Å². The molecule has 4 nitrogen and oxygen atoms in total. The monoisotopic (exact) mass is 252 g/mol. The van der Waals surface area contributed by atoms with Crippen LogP contribution in [0.5, 0.6) is 0 Å². The van der Waals surface area contributed by atoms with E-state index in [1.54, 1.807) is 0 Å². The Morgan fingerprint density at radius 2 is 2.00 bits per heavy atom. The summed E-state index contributed by atoms with van der Waals surface area (Å²) >= 11 is 0. The highest BCUT2D eigenvalue weighted by molar-refractivity contribution is 5.73. The largest absolute Gasteiger partial charge is 0.480 e. The first-order valence-electron chi connectivity index (χ1n) is 7.47. The minimum Gasteiger partial charge on any atom is -0.480 e. The van der Waals surface area contributed by atoms with Crippen molar-refractivity contribution < 1.29 is 9.90 Å².